The molecule has 0 aliphatic heterocycles. The monoisotopic (exact) mass is 414 g/mol. The lowest BCUT2D eigenvalue weighted by Gasteiger charge is -2.33. The average molecular weight is 415 g/mol. The molecule has 1 aromatic carbocycles. The molecule has 1 aliphatic rings. The molecule has 6 heteroatoms. The molecule has 1 aliphatic carbocycles. The van der Waals surface area contributed by atoms with Gasteiger partial charge in [-0.2, -0.15) is 0 Å². The summed E-state index contributed by atoms with van der Waals surface area (Å²) in [5.41, 5.74) is 6.90. The Morgan fingerprint density at radius 3 is 2.47 bits per heavy atom. The number of hydrogen-bond donors (Lipinski definition) is 3. The molecule has 0 heterocycles. The van der Waals surface area contributed by atoms with Gasteiger partial charge in [-0.15, -0.1) is 0 Å². The standard InChI is InChI=1S/C24H38N4O2/c1-3-18(2)17-27-23(30)21(16-20-12-8-5-9-13-20)28(24(25)26)22(29)15-14-19-10-6-4-7-11-19/h4,6-7,10-11,18,20-21H,3,5,8-9,12-17H2,1-2H3,(H3,25,26)(H,27,30)/t18-,21+/m0/s1. The minimum absolute atomic E-state index is 0.191. The highest BCUT2D eigenvalue weighted by Gasteiger charge is 2.34. The van der Waals surface area contributed by atoms with Gasteiger partial charge in [0.15, 0.2) is 5.96 Å². The van der Waals surface area contributed by atoms with E-state index >= 15 is 0 Å². The van der Waals surface area contributed by atoms with Gasteiger partial charge in [0.2, 0.25) is 11.8 Å². The van der Waals surface area contributed by atoms with Crippen LogP contribution in [0.1, 0.15) is 70.8 Å². The molecule has 0 saturated heterocycles. The van der Waals surface area contributed by atoms with Gasteiger partial charge in [0.25, 0.3) is 0 Å². The summed E-state index contributed by atoms with van der Waals surface area (Å²) in [4.78, 5) is 27.4. The molecule has 2 amide bonds. The van der Waals surface area contributed by atoms with Crippen molar-refractivity contribution in [2.75, 3.05) is 6.54 Å². The summed E-state index contributed by atoms with van der Waals surface area (Å²) >= 11 is 0. The average Bonchev–Trinajstić information content (AvgIpc) is 2.76. The van der Waals surface area contributed by atoms with Gasteiger partial charge in [0.05, 0.1) is 0 Å². The summed E-state index contributed by atoms with van der Waals surface area (Å²) in [5, 5.41) is 11.1. The maximum absolute atomic E-state index is 13.1. The first-order valence-electron chi connectivity index (χ1n) is 11.4. The van der Waals surface area contributed by atoms with E-state index in [2.05, 4.69) is 19.2 Å². The van der Waals surface area contributed by atoms with E-state index < -0.39 is 6.04 Å². The normalized spacial score (nSPS) is 16.5. The van der Waals surface area contributed by atoms with Crippen molar-refractivity contribution in [2.24, 2.45) is 17.6 Å². The smallest absolute Gasteiger partial charge is 0.243 e. The summed E-state index contributed by atoms with van der Waals surface area (Å²) in [5.74, 6) is -0.0340. The molecule has 6 nitrogen and oxygen atoms in total. The lowest BCUT2D eigenvalue weighted by molar-refractivity contribution is -0.137. The number of nitrogens with two attached hydrogens (primary N) is 1. The van der Waals surface area contributed by atoms with Gasteiger partial charge in [-0.25, -0.2) is 0 Å². The van der Waals surface area contributed by atoms with Crippen molar-refractivity contribution in [3.8, 4) is 0 Å². The first kappa shape index (κ1) is 23.9. The Morgan fingerprint density at radius 1 is 1.20 bits per heavy atom. The quantitative estimate of drug-likeness (QED) is 0.400. The van der Waals surface area contributed by atoms with Gasteiger partial charge in [-0.05, 0) is 30.2 Å². The van der Waals surface area contributed by atoms with Crippen LogP contribution in [0.15, 0.2) is 30.3 Å². The lowest BCUT2D eigenvalue weighted by atomic mass is 9.84. The Hall–Kier alpha value is -2.37. The zero-order valence-corrected chi connectivity index (χ0v) is 18.5. The zero-order valence-electron chi connectivity index (χ0n) is 18.5. The largest absolute Gasteiger partial charge is 0.370 e. The summed E-state index contributed by atoms with van der Waals surface area (Å²) in [6, 6.07) is 9.06. The Morgan fingerprint density at radius 2 is 1.87 bits per heavy atom. The number of rotatable bonds is 10. The Bertz CT molecular complexity index is 686. The SMILES string of the molecule is CC[C@H](C)CNC(=O)[C@@H](CC1CCCCC1)N(C(=N)N)C(=O)CCc1ccccc1. The van der Waals surface area contributed by atoms with E-state index in [9.17, 15) is 9.59 Å². The topological polar surface area (TPSA) is 99.3 Å². The van der Waals surface area contributed by atoms with E-state index in [1.165, 1.54) is 11.3 Å². The van der Waals surface area contributed by atoms with Gasteiger partial charge in [-0.1, -0.05) is 82.7 Å². The second-order valence-electron chi connectivity index (χ2n) is 8.65. The molecule has 30 heavy (non-hydrogen) atoms. The number of carbonyl (C=O) groups excluding carboxylic acids is 2. The number of guanidine groups is 1. The van der Waals surface area contributed by atoms with Gasteiger partial charge in [-0.3, -0.25) is 19.9 Å². The maximum Gasteiger partial charge on any atom is 0.243 e. The van der Waals surface area contributed by atoms with E-state index in [4.69, 9.17) is 11.1 Å². The third-order valence-corrected chi connectivity index (χ3v) is 6.22. The molecular formula is C24H38N4O2. The van der Waals surface area contributed by atoms with E-state index in [0.29, 0.717) is 31.2 Å². The number of aryl methyl sites for hydroxylation is 1. The van der Waals surface area contributed by atoms with Crippen molar-refractivity contribution in [3.05, 3.63) is 35.9 Å². The Labute approximate surface area is 181 Å². The van der Waals surface area contributed by atoms with E-state index in [1.54, 1.807) is 0 Å². The van der Waals surface area contributed by atoms with Crippen LogP contribution in [0.25, 0.3) is 0 Å². The Balaban J connectivity index is 2.13. The summed E-state index contributed by atoms with van der Waals surface area (Å²) in [6.07, 6.45) is 8.02. The first-order valence-corrected chi connectivity index (χ1v) is 11.4. The third-order valence-electron chi connectivity index (χ3n) is 6.22. The lowest BCUT2D eigenvalue weighted by Crippen LogP contribution is -2.55. The fourth-order valence-corrected chi connectivity index (χ4v) is 4.10. The van der Waals surface area contributed by atoms with Crippen LogP contribution < -0.4 is 11.1 Å². The van der Waals surface area contributed by atoms with Crippen LogP contribution >= 0.6 is 0 Å². The molecule has 0 bridgehead atoms. The summed E-state index contributed by atoms with van der Waals surface area (Å²) < 4.78 is 0. The van der Waals surface area contributed by atoms with Crippen LogP contribution in [0, 0.1) is 17.2 Å². The van der Waals surface area contributed by atoms with Crippen molar-refractivity contribution in [1.29, 1.82) is 5.41 Å². The third kappa shape index (κ3) is 7.47. The van der Waals surface area contributed by atoms with Crippen molar-refractivity contribution in [1.82, 2.24) is 10.2 Å². The summed E-state index contributed by atoms with van der Waals surface area (Å²) in [6.45, 7) is 4.75. The van der Waals surface area contributed by atoms with Crippen molar-refractivity contribution < 1.29 is 9.59 Å². The predicted octanol–water partition coefficient (Wildman–Crippen LogP) is 3.84. The van der Waals surface area contributed by atoms with Crippen LogP contribution in [0.2, 0.25) is 0 Å². The fourth-order valence-electron chi connectivity index (χ4n) is 4.10. The minimum Gasteiger partial charge on any atom is -0.370 e. The van der Waals surface area contributed by atoms with Gasteiger partial charge >= 0.3 is 0 Å². The molecule has 2 rings (SSSR count). The van der Waals surface area contributed by atoms with Crippen LogP contribution in [-0.4, -0.2) is 35.3 Å². The molecule has 166 valence electrons. The van der Waals surface area contributed by atoms with Crippen molar-refractivity contribution >= 4 is 17.8 Å². The number of nitrogens with one attached hydrogen (secondary N) is 2. The molecule has 0 radical (unpaired) electrons. The molecule has 0 unspecified atom stereocenters. The molecule has 1 saturated carbocycles. The highest BCUT2D eigenvalue weighted by Crippen LogP contribution is 2.29. The van der Waals surface area contributed by atoms with Crippen LogP contribution in [0.5, 0.6) is 0 Å². The van der Waals surface area contributed by atoms with Gasteiger partial charge < -0.3 is 11.1 Å². The number of nitrogens with zero attached hydrogens (tertiary/aromatic N) is 1. The first-order chi connectivity index (χ1) is 14.4. The van der Waals surface area contributed by atoms with Gasteiger partial charge in [0, 0.05) is 13.0 Å². The van der Waals surface area contributed by atoms with Gasteiger partial charge in [0.1, 0.15) is 6.04 Å². The maximum atomic E-state index is 13.1. The molecule has 1 aromatic rings. The molecule has 0 spiro atoms. The second kappa shape index (κ2) is 12.4. The highest BCUT2D eigenvalue weighted by molar-refractivity contribution is 6.00. The molecule has 2 atom stereocenters. The van der Waals surface area contributed by atoms with Crippen LogP contribution in [0.3, 0.4) is 0 Å². The minimum atomic E-state index is -0.710. The van der Waals surface area contributed by atoms with Crippen LogP contribution in [-0.2, 0) is 16.0 Å². The molecule has 0 aromatic heterocycles. The molecular weight excluding hydrogens is 376 g/mol. The molecule has 1 fully saturated rings. The number of carbonyl (C=O) groups is 2. The molecule has 4 N–H and O–H groups in total. The van der Waals surface area contributed by atoms with Crippen LogP contribution in [0.4, 0.5) is 0 Å². The second-order valence-corrected chi connectivity index (χ2v) is 8.65. The Kier molecular flexibility index (Phi) is 9.84. The number of hydrogen-bond acceptors (Lipinski definition) is 3. The van der Waals surface area contributed by atoms with E-state index in [-0.39, 0.29) is 24.2 Å². The van der Waals surface area contributed by atoms with E-state index in [1.807, 2.05) is 30.3 Å². The predicted molar refractivity (Wildman–Crippen MR) is 121 cm³/mol. The highest BCUT2D eigenvalue weighted by atomic mass is 16.2. The van der Waals surface area contributed by atoms with E-state index in [0.717, 1.165) is 37.7 Å². The summed E-state index contributed by atoms with van der Waals surface area (Å²) in [7, 11) is 0. The fraction of sp³-hybridized carbons (Fsp3) is 0.625. The van der Waals surface area contributed by atoms with Crippen molar-refractivity contribution in [3.63, 3.8) is 0 Å². The zero-order chi connectivity index (χ0) is 21.9. The number of benzene rings is 1. The number of amides is 2. The van der Waals surface area contributed by atoms with Crippen molar-refractivity contribution in [2.45, 2.75) is 77.7 Å².